The fourth-order valence-corrected chi connectivity index (χ4v) is 1.95. The molecule has 1 rings (SSSR count). The SMILES string of the molecule is Cc1ccnc(NC(C(N)=O)C(C)C)c1C(N)=S. The predicted octanol–water partition coefficient (Wildman–Crippen LogP) is 0.946. The molecule has 5 N–H and O–H groups in total. The number of nitrogens with one attached hydrogen (secondary N) is 1. The normalized spacial score (nSPS) is 12.2. The van der Waals surface area contributed by atoms with Crippen molar-refractivity contribution in [3.05, 3.63) is 23.4 Å². The van der Waals surface area contributed by atoms with E-state index in [1.165, 1.54) is 0 Å². The zero-order valence-corrected chi connectivity index (χ0v) is 11.5. The van der Waals surface area contributed by atoms with Crippen LogP contribution in [0.3, 0.4) is 0 Å². The van der Waals surface area contributed by atoms with Crippen LogP contribution < -0.4 is 16.8 Å². The minimum atomic E-state index is -0.507. The number of carbonyl (C=O) groups excluding carboxylic acids is 1. The second-order valence-electron chi connectivity index (χ2n) is 4.48. The third-order valence-electron chi connectivity index (χ3n) is 2.67. The van der Waals surface area contributed by atoms with Gasteiger partial charge in [0.15, 0.2) is 0 Å². The van der Waals surface area contributed by atoms with Crippen LogP contribution in [-0.2, 0) is 4.79 Å². The van der Waals surface area contributed by atoms with E-state index in [0.29, 0.717) is 11.4 Å². The quantitative estimate of drug-likeness (QED) is 0.690. The van der Waals surface area contributed by atoms with Crippen LogP contribution in [-0.4, -0.2) is 21.9 Å². The van der Waals surface area contributed by atoms with E-state index in [1.807, 2.05) is 26.8 Å². The van der Waals surface area contributed by atoms with E-state index in [4.69, 9.17) is 23.7 Å². The molecule has 18 heavy (non-hydrogen) atoms. The average Bonchev–Trinajstić information content (AvgIpc) is 2.24. The van der Waals surface area contributed by atoms with Gasteiger partial charge < -0.3 is 16.8 Å². The molecule has 0 spiro atoms. The van der Waals surface area contributed by atoms with Crippen molar-refractivity contribution in [1.29, 1.82) is 0 Å². The van der Waals surface area contributed by atoms with Crippen LogP contribution in [0.25, 0.3) is 0 Å². The molecule has 5 nitrogen and oxygen atoms in total. The summed E-state index contributed by atoms with van der Waals surface area (Å²) in [4.78, 5) is 15.8. The van der Waals surface area contributed by atoms with Gasteiger partial charge in [0, 0.05) is 6.20 Å². The van der Waals surface area contributed by atoms with Gasteiger partial charge >= 0.3 is 0 Å². The van der Waals surface area contributed by atoms with E-state index < -0.39 is 11.9 Å². The highest BCUT2D eigenvalue weighted by Gasteiger charge is 2.21. The molecular weight excluding hydrogens is 248 g/mol. The second kappa shape index (κ2) is 5.77. The maximum atomic E-state index is 11.4. The van der Waals surface area contributed by atoms with Crippen molar-refractivity contribution in [3.63, 3.8) is 0 Å². The number of anilines is 1. The van der Waals surface area contributed by atoms with E-state index in [1.54, 1.807) is 6.20 Å². The van der Waals surface area contributed by atoms with Gasteiger partial charge in [0.05, 0.1) is 5.56 Å². The van der Waals surface area contributed by atoms with Crippen molar-refractivity contribution >= 4 is 28.9 Å². The fourth-order valence-electron chi connectivity index (χ4n) is 1.69. The Labute approximate surface area is 112 Å². The average molecular weight is 266 g/mol. The first-order valence-electron chi connectivity index (χ1n) is 5.65. The maximum absolute atomic E-state index is 11.4. The Bertz CT molecular complexity index is 473. The third kappa shape index (κ3) is 3.16. The van der Waals surface area contributed by atoms with Crippen LogP contribution in [0.1, 0.15) is 25.0 Å². The second-order valence-corrected chi connectivity index (χ2v) is 4.92. The van der Waals surface area contributed by atoms with Crippen molar-refractivity contribution in [1.82, 2.24) is 4.98 Å². The molecule has 0 fully saturated rings. The number of primary amides is 1. The first-order chi connectivity index (χ1) is 8.34. The molecule has 0 aliphatic rings. The molecule has 0 aliphatic carbocycles. The first-order valence-corrected chi connectivity index (χ1v) is 6.06. The Balaban J connectivity index is 3.14. The highest BCUT2D eigenvalue weighted by atomic mass is 32.1. The van der Waals surface area contributed by atoms with E-state index >= 15 is 0 Å². The number of rotatable bonds is 5. The number of amides is 1. The van der Waals surface area contributed by atoms with Crippen molar-refractivity contribution in [3.8, 4) is 0 Å². The minimum Gasteiger partial charge on any atom is -0.389 e. The number of hydrogen-bond acceptors (Lipinski definition) is 4. The van der Waals surface area contributed by atoms with Gasteiger partial charge in [-0.3, -0.25) is 4.79 Å². The summed E-state index contributed by atoms with van der Waals surface area (Å²) in [6.07, 6.45) is 1.64. The number of aryl methyl sites for hydroxylation is 1. The third-order valence-corrected chi connectivity index (χ3v) is 2.88. The van der Waals surface area contributed by atoms with Crippen molar-refractivity contribution in [2.75, 3.05) is 5.32 Å². The van der Waals surface area contributed by atoms with Gasteiger partial charge in [-0.25, -0.2) is 4.98 Å². The molecule has 1 atom stereocenters. The Kier molecular flexibility index (Phi) is 4.61. The summed E-state index contributed by atoms with van der Waals surface area (Å²) >= 11 is 5.00. The highest BCUT2D eigenvalue weighted by Crippen LogP contribution is 2.19. The number of nitrogens with two attached hydrogens (primary N) is 2. The lowest BCUT2D eigenvalue weighted by atomic mass is 10.0. The molecule has 0 aliphatic heterocycles. The van der Waals surface area contributed by atoms with Gasteiger partial charge in [-0.15, -0.1) is 0 Å². The lowest BCUT2D eigenvalue weighted by molar-refractivity contribution is -0.119. The molecule has 1 heterocycles. The summed E-state index contributed by atoms with van der Waals surface area (Å²) in [7, 11) is 0. The number of pyridine rings is 1. The molecule has 1 amide bonds. The predicted molar refractivity (Wildman–Crippen MR) is 76.3 cm³/mol. The molecule has 98 valence electrons. The summed E-state index contributed by atoms with van der Waals surface area (Å²) in [6.45, 7) is 5.69. The van der Waals surface area contributed by atoms with Crippen LogP contribution in [0.15, 0.2) is 12.3 Å². The standard InChI is InChI=1S/C12H18N4OS/c1-6(2)9(10(13)17)16-12-8(11(14)18)7(3)4-5-15-12/h4-6,9H,1-3H3,(H2,13,17)(H2,14,18)(H,15,16). The maximum Gasteiger partial charge on any atom is 0.240 e. The topological polar surface area (TPSA) is 94.0 Å². The molecule has 0 radical (unpaired) electrons. The smallest absolute Gasteiger partial charge is 0.240 e. The monoisotopic (exact) mass is 266 g/mol. The highest BCUT2D eigenvalue weighted by molar-refractivity contribution is 7.80. The zero-order valence-electron chi connectivity index (χ0n) is 10.7. The lowest BCUT2D eigenvalue weighted by Crippen LogP contribution is -2.40. The lowest BCUT2D eigenvalue weighted by Gasteiger charge is -2.21. The zero-order chi connectivity index (χ0) is 13.9. The molecule has 1 aromatic heterocycles. The molecular formula is C12H18N4OS. The van der Waals surface area contributed by atoms with Crippen molar-refractivity contribution in [2.45, 2.75) is 26.8 Å². The summed E-state index contributed by atoms with van der Waals surface area (Å²) < 4.78 is 0. The van der Waals surface area contributed by atoms with Crippen molar-refractivity contribution < 1.29 is 4.79 Å². The Morgan fingerprint density at radius 2 is 2.06 bits per heavy atom. The largest absolute Gasteiger partial charge is 0.389 e. The summed E-state index contributed by atoms with van der Waals surface area (Å²) in [5.74, 6) is 0.117. The van der Waals surface area contributed by atoms with Gasteiger partial charge in [-0.05, 0) is 24.5 Å². The summed E-state index contributed by atoms with van der Waals surface area (Å²) in [5, 5.41) is 3.02. The number of thiocarbonyl (C=S) groups is 1. The molecule has 0 bridgehead atoms. The first kappa shape index (κ1) is 14.4. The van der Waals surface area contributed by atoms with Crippen LogP contribution >= 0.6 is 12.2 Å². The van der Waals surface area contributed by atoms with E-state index in [-0.39, 0.29) is 10.9 Å². The molecule has 0 saturated carbocycles. The van der Waals surface area contributed by atoms with Crippen LogP contribution in [0.4, 0.5) is 5.82 Å². The summed E-state index contributed by atoms with van der Waals surface area (Å²) in [6, 6.07) is 1.31. The molecule has 0 aromatic carbocycles. The molecule has 1 aromatic rings. The summed E-state index contributed by atoms with van der Waals surface area (Å²) in [5.41, 5.74) is 12.6. The van der Waals surface area contributed by atoms with Gasteiger partial charge in [0.2, 0.25) is 5.91 Å². The van der Waals surface area contributed by atoms with Gasteiger partial charge in [0.1, 0.15) is 16.8 Å². The van der Waals surface area contributed by atoms with Crippen LogP contribution in [0.5, 0.6) is 0 Å². The van der Waals surface area contributed by atoms with Gasteiger partial charge in [-0.2, -0.15) is 0 Å². The van der Waals surface area contributed by atoms with Crippen LogP contribution in [0.2, 0.25) is 0 Å². The molecule has 1 unspecified atom stereocenters. The van der Waals surface area contributed by atoms with E-state index in [2.05, 4.69) is 10.3 Å². The number of nitrogens with zero attached hydrogens (tertiary/aromatic N) is 1. The number of hydrogen-bond donors (Lipinski definition) is 3. The number of carbonyl (C=O) groups is 1. The van der Waals surface area contributed by atoms with E-state index in [9.17, 15) is 4.79 Å². The molecule has 6 heteroatoms. The number of aromatic nitrogens is 1. The fraction of sp³-hybridized carbons (Fsp3) is 0.417. The Morgan fingerprint density at radius 3 is 2.50 bits per heavy atom. The van der Waals surface area contributed by atoms with E-state index in [0.717, 1.165) is 5.56 Å². The van der Waals surface area contributed by atoms with Crippen LogP contribution in [0, 0.1) is 12.8 Å². The Hall–Kier alpha value is -1.69. The molecule has 0 saturated heterocycles. The van der Waals surface area contributed by atoms with Gasteiger partial charge in [-0.1, -0.05) is 26.1 Å². The van der Waals surface area contributed by atoms with Crippen molar-refractivity contribution in [2.24, 2.45) is 17.4 Å². The minimum absolute atomic E-state index is 0.0454. The Morgan fingerprint density at radius 1 is 1.44 bits per heavy atom. The van der Waals surface area contributed by atoms with Gasteiger partial charge in [0.25, 0.3) is 0 Å².